The van der Waals surface area contributed by atoms with Crippen LogP contribution in [0.2, 0.25) is 0 Å². The van der Waals surface area contributed by atoms with Crippen LogP contribution in [-0.4, -0.2) is 25.3 Å². The molecule has 1 rings (SSSR count). The monoisotopic (exact) mass is 212 g/mol. The number of carbonyl (C=O) groups is 1. The van der Waals surface area contributed by atoms with Gasteiger partial charge in [-0.15, -0.1) is 0 Å². The van der Waals surface area contributed by atoms with Gasteiger partial charge in [0.2, 0.25) is 0 Å². The Bertz CT molecular complexity index is 404. The average Bonchev–Trinajstić information content (AvgIpc) is 2.16. The van der Waals surface area contributed by atoms with Crippen LogP contribution in [0, 0.1) is 0 Å². The number of aromatic carboxylic acids is 1. The molecule has 0 bridgehead atoms. The van der Waals surface area contributed by atoms with Crippen LogP contribution >= 0.6 is 0 Å². The highest BCUT2D eigenvalue weighted by atomic mass is 16.5. The molecule has 0 saturated carbocycles. The summed E-state index contributed by atoms with van der Waals surface area (Å²) in [6.07, 6.45) is 0. The van der Waals surface area contributed by atoms with Crippen molar-refractivity contribution in [2.75, 3.05) is 25.7 Å². The fraction of sp³-hybridized carbons (Fsp3) is 0.222. The summed E-state index contributed by atoms with van der Waals surface area (Å²) in [6.45, 7) is 0. The number of hydrogen-bond donors (Lipinski definition) is 3. The maximum absolute atomic E-state index is 10.9. The van der Waals surface area contributed by atoms with Crippen molar-refractivity contribution >= 4 is 17.3 Å². The van der Waals surface area contributed by atoms with E-state index in [9.17, 15) is 4.79 Å². The normalized spacial score (nSPS) is 9.73. The third kappa shape index (κ3) is 1.74. The quantitative estimate of drug-likeness (QED) is 0.632. The summed E-state index contributed by atoms with van der Waals surface area (Å²) in [7, 11) is 2.78. The van der Waals surface area contributed by atoms with Crippen molar-refractivity contribution in [3.8, 4) is 11.5 Å². The molecule has 1 aromatic rings. The van der Waals surface area contributed by atoms with Crippen molar-refractivity contribution in [1.29, 1.82) is 0 Å². The highest BCUT2D eigenvalue weighted by Crippen LogP contribution is 2.39. The van der Waals surface area contributed by atoms with Gasteiger partial charge in [-0.2, -0.15) is 0 Å². The van der Waals surface area contributed by atoms with E-state index in [4.69, 9.17) is 26.0 Å². The third-order valence-electron chi connectivity index (χ3n) is 1.95. The van der Waals surface area contributed by atoms with Gasteiger partial charge in [0.25, 0.3) is 0 Å². The molecule has 0 aromatic heterocycles. The minimum Gasteiger partial charge on any atom is -0.493 e. The molecule has 0 unspecified atom stereocenters. The van der Waals surface area contributed by atoms with E-state index in [1.165, 1.54) is 20.3 Å². The lowest BCUT2D eigenvalue weighted by molar-refractivity contribution is 0.0699. The number of carboxylic acid groups (broad SMARTS) is 1. The van der Waals surface area contributed by atoms with Gasteiger partial charge in [-0.05, 0) is 0 Å². The second-order valence-corrected chi connectivity index (χ2v) is 2.80. The SMILES string of the molecule is COc1cc(N)c(C(=O)O)c(N)c1OC. The van der Waals surface area contributed by atoms with Crippen LogP contribution < -0.4 is 20.9 Å². The van der Waals surface area contributed by atoms with Gasteiger partial charge in [0.05, 0.1) is 25.6 Å². The lowest BCUT2D eigenvalue weighted by atomic mass is 10.1. The highest BCUT2D eigenvalue weighted by molar-refractivity contribution is 6.01. The Balaban J connectivity index is 3.51. The van der Waals surface area contributed by atoms with Crippen molar-refractivity contribution in [3.63, 3.8) is 0 Å². The van der Waals surface area contributed by atoms with E-state index in [0.717, 1.165) is 0 Å². The number of nitrogens with two attached hydrogens (primary N) is 2. The molecule has 0 aliphatic heterocycles. The topological polar surface area (TPSA) is 108 Å². The Kier molecular flexibility index (Phi) is 2.89. The summed E-state index contributed by atoms with van der Waals surface area (Å²) in [4.78, 5) is 10.9. The van der Waals surface area contributed by atoms with Crippen molar-refractivity contribution in [2.24, 2.45) is 0 Å². The van der Waals surface area contributed by atoms with Gasteiger partial charge in [0, 0.05) is 6.07 Å². The van der Waals surface area contributed by atoms with Crippen LogP contribution in [0.3, 0.4) is 0 Å². The predicted octanol–water partition coefficient (Wildman–Crippen LogP) is 0.566. The molecule has 0 heterocycles. The summed E-state index contributed by atoms with van der Waals surface area (Å²) < 4.78 is 9.90. The largest absolute Gasteiger partial charge is 0.493 e. The Morgan fingerprint density at radius 3 is 2.33 bits per heavy atom. The van der Waals surface area contributed by atoms with Gasteiger partial charge in [-0.1, -0.05) is 0 Å². The van der Waals surface area contributed by atoms with Gasteiger partial charge in [-0.25, -0.2) is 4.79 Å². The fourth-order valence-corrected chi connectivity index (χ4v) is 1.28. The Labute approximate surface area is 86.4 Å². The number of methoxy groups -OCH3 is 2. The predicted molar refractivity (Wildman–Crippen MR) is 55.3 cm³/mol. The Morgan fingerprint density at radius 1 is 1.33 bits per heavy atom. The molecule has 15 heavy (non-hydrogen) atoms. The van der Waals surface area contributed by atoms with Gasteiger partial charge in [0.15, 0.2) is 11.5 Å². The molecule has 0 aliphatic rings. The number of anilines is 2. The molecule has 6 nitrogen and oxygen atoms in total. The molecule has 0 aliphatic carbocycles. The van der Waals surface area contributed by atoms with Crippen LogP contribution in [0.4, 0.5) is 11.4 Å². The lowest BCUT2D eigenvalue weighted by Crippen LogP contribution is -2.09. The second kappa shape index (κ2) is 3.95. The van der Waals surface area contributed by atoms with Crippen molar-refractivity contribution in [2.45, 2.75) is 0 Å². The Hall–Kier alpha value is -2.11. The maximum atomic E-state index is 10.9. The van der Waals surface area contributed by atoms with E-state index in [1.54, 1.807) is 0 Å². The zero-order valence-corrected chi connectivity index (χ0v) is 8.40. The summed E-state index contributed by atoms with van der Waals surface area (Å²) in [5.74, 6) is -0.729. The lowest BCUT2D eigenvalue weighted by Gasteiger charge is -2.13. The molecular formula is C9H12N2O4. The zero-order valence-electron chi connectivity index (χ0n) is 8.40. The first-order valence-corrected chi connectivity index (χ1v) is 4.06. The number of ether oxygens (including phenoxy) is 2. The molecule has 82 valence electrons. The first-order chi connectivity index (χ1) is 7.02. The van der Waals surface area contributed by atoms with Crippen LogP contribution in [0.1, 0.15) is 10.4 Å². The first-order valence-electron chi connectivity index (χ1n) is 4.06. The van der Waals surface area contributed by atoms with E-state index in [2.05, 4.69) is 0 Å². The Morgan fingerprint density at radius 2 is 1.93 bits per heavy atom. The number of carboxylic acids is 1. The maximum Gasteiger partial charge on any atom is 0.340 e. The van der Waals surface area contributed by atoms with E-state index >= 15 is 0 Å². The molecule has 0 atom stereocenters. The fourth-order valence-electron chi connectivity index (χ4n) is 1.28. The van der Waals surface area contributed by atoms with E-state index in [-0.39, 0.29) is 22.7 Å². The first kappa shape index (κ1) is 11.0. The van der Waals surface area contributed by atoms with Gasteiger partial charge in [0.1, 0.15) is 5.56 Å². The number of nitrogen functional groups attached to an aromatic ring is 2. The summed E-state index contributed by atoms with van der Waals surface area (Å²) in [6, 6.07) is 1.36. The van der Waals surface area contributed by atoms with E-state index in [1.807, 2.05) is 0 Å². The van der Waals surface area contributed by atoms with Gasteiger partial charge >= 0.3 is 5.97 Å². The summed E-state index contributed by atoms with van der Waals surface area (Å²) >= 11 is 0. The summed E-state index contributed by atoms with van der Waals surface area (Å²) in [5, 5.41) is 8.87. The molecule has 0 spiro atoms. The molecule has 5 N–H and O–H groups in total. The molecule has 0 radical (unpaired) electrons. The van der Waals surface area contributed by atoms with Crippen molar-refractivity contribution < 1.29 is 19.4 Å². The average molecular weight is 212 g/mol. The smallest absolute Gasteiger partial charge is 0.340 e. The third-order valence-corrected chi connectivity index (χ3v) is 1.95. The molecular weight excluding hydrogens is 200 g/mol. The van der Waals surface area contributed by atoms with Crippen LogP contribution in [0.5, 0.6) is 11.5 Å². The van der Waals surface area contributed by atoms with Crippen LogP contribution in [0.25, 0.3) is 0 Å². The van der Waals surface area contributed by atoms with E-state index < -0.39 is 5.97 Å². The standard InChI is InChI=1S/C9H12N2O4/c1-14-5-3-4(10)6(9(12)13)7(11)8(5)15-2/h3H,10-11H2,1-2H3,(H,12,13). The van der Waals surface area contributed by atoms with Crippen molar-refractivity contribution in [1.82, 2.24) is 0 Å². The molecule has 0 amide bonds. The van der Waals surface area contributed by atoms with E-state index in [0.29, 0.717) is 5.75 Å². The van der Waals surface area contributed by atoms with Crippen molar-refractivity contribution in [3.05, 3.63) is 11.6 Å². The number of benzene rings is 1. The second-order valence-electron chi connectivity index (χ2n) is 2.80. The highest BCUT2D eigenvalue weighted by Gasteiger charge is 2.20. The summed E-state index contributed by atoms with van der Waals surface area (Å²) in [5.41, 5.74) is 11.0. The molecule has 0 saturated heterocycles. The molecule has 0 fully saturated rings. The van der Waals surface area contributed by atoms with Gasteiger partial charge in [-0.3, -0.25) is 0 Å². The number of rotatable bonds is 3. The van der Waals surface area contributed by atoms with Crippen LogP contribution in [0.15, 0.2) is 6.07 Å². The zero-order chi connectivity index (χ0) is 11.6. The molecule has 1 aromatic carbocycles. The van der Waals surface area contributed by atoms with Gasteiger partial charge < -0.3 is 26.0 Å². The minimum absolute atomic E-state index is 0.0395. The number of hydrogen-bond acceptors (Lipinski definition) is 5. The minimum atomic E-state index is -1.20. The molecule has 6 heteroatoms. The van der Waals surface area contributed by atoms with Crippen LogP contribution in [-0.2, 0) is 0 Å².